The Labute approximate surface area is 153 Å². The Morgan fingerprint density at radius 1 is 1.14 bits per heavy atom. The van der Waals surface area contributed by atoms with E-state index in [1.165, 1.54) is 26.4 Å². The lowest BCUT2D eigenvalue weighted by molar-refractivity contribution is -0.138. The van der Waals surface area contributed by atoms with E-state index in [-0.39, 0.29) is 11.3 Å². The van der Waals surface area contributed by atoms with E-state index in [0.717, 1.165) is 6.08 Å². The molecule has 0 aliphatic carbocycles. The molecule has 0 saturated heterocycles. The second kappa shape index (κ2) is 8.31. The molecule has 0 atom stereocenters. The first-order valence-corrected chi connectivity index (χ1v) is 7.83. The molecule has 7 nitrogen and oxygen atoms in total. The highest BCUT2D eigenvalue weighted by molar-refractivity contribution is 14.1. The van der Waals surface area contributed by atoms with Crippen LogP contribution < -0.4 is 5.32 Å². The lowest BCUT2D eigenvalue weighted by Gasteiger charge is -2.13. The van der Waals surface area contributed by atoms with E-state index in [2.05, 4.69) is 14.8 Å². The summed E-state index contributed by atoms with van der Waals surface area (Å²) in [4.78, 5) is 34.0. The number of carboxylic acid groups (broad SMARTS) is 1. The minimum Gasteiger partial charge on any atom is -0.478 e. The molecule has 0 aromatic heterocycles. The molecule has 0 fully saturated rings. The van der Waals surface area contributed by atoms with Crippen molar-refractivity contribution in [3.8, 4) is 0 Å². The molecule has 0 aliphatic rings. The smallest absolute Gasteiger partial charge is 0.354 e. The quantitative estimate of drug-likeness (QED) is 0.342. The van der Waals surface area contributed by atoms with Gasteiger partial charge in [-0.3, -0.25) is 0 Å². The van der Waals surface area contributed by atoms with E-state index in [4.69, 9.17) is 5.11 Å². The summed E-state index contributed by atoms with van der Waals surface area (Å²) in [6.07, 6.45) is 0.961. The van der Waals surface area contributed by atoms with Crippen LogP contribution in [0.1, 0.15) is 10.4 Å². The number of halogens is 2. The highest BCUT2D eigenvalue weighted by atomic mass is 127. The second-order valence-corrected chi connectivity index (χ2v) is 6.14. The minimum absolute atomic E-state index is 0.117. The molecule has 0 heterocycles. The third-order valence-electron chi connectivity index (χ3n) is 2.42. The van der Waals surface area contributed by atoms with Crippen LogP contribution in [-0.4, -0.2) is 37.2 Å². The van der Waals surface area contributed by atoms with E-state index < -0.39 is 17.9 Å². The van der Waals surface area contributed by atoms with E-state index in [1.54, 1.807) is 0 Å². The van der Waals surface area contributed by atoms with E-state index >= 15 is 0 Å². The van der Waals surface area contributed by atoms with Crippen molar-refractivity contribution in [2.75, 3.05) is 19.5 Å². The number of anilines is 1. The van der Waals surface area contributed by atoms with Gasteiger partial charge in [0.2, 0.25) is 0 Å². The zero-order valence-electron chi connectivity index (χ0n) is 11.5. The monoisotopic (exact) mass is 531 g/mol. The number of benzene rings is 1. The Morgan fingerprint density at radius 3 is 2.09 bits per heavy atom. The third kappa shape index (κ3) is 4.83. The molecule has 0 saturated carbocycles. The number of carboxylic acids is 1. The van der Waals surface area contributed by atoms with Gasteiger partial charge in [-0.05, 0) is 57.3 Å². The summed E-state index contributed by atoms with van der Waals surface area (Å²) in [5.41, 5.74) is 0.496. The molecule has 1 rings (SSSR count). The van der Waals surface area contributed by atoms with Gasteiger partial charge in [0.25, 0.3) is 0 Å². The molecule has 0 spiro atoms. The molecule has 0 radical (unpaired) electrons. The van der Waals surface area contributed by atoms with Gasteiger partial charge in [-0.1, -0.05) is 0 Å². The van der Waals surface area contributed by atoms with Gasteiger partial charge >= 0.3 is 17.9 Å². The molecule has 0 bridgehead atoms. The lowest BCUT2D eigenvalue weighted by atomic mass is 10.2. The van der Waals surface area contributed by atoms with Crippen LogP contribution in [0, 0.1) is 7.14 Å². The van der Waals surface area contributed by atoms with Gasteiger partial charge in [-0.2, -0.15) is 0 Å². The summed E-state index contributed by atoms with van der Waals surface area (Å²) in [6, 6.07) is 2.89. The van der Waals surface area contributed by atoms with Gasteiger partial charge in [-0.15, -0.1) is 0 Å². The van der Waals surface area contributed by atoms with Gasteiger partial charge in [-0.25, -0.2) is 14.4 Å². The molecule has 1 aromatic carbocycles. The van der Waals surface area contributed by atoms with Crippen LogP contribution in [-0.2, 0) is 19.1 Å². The predicted molar refractivity (Wildman–Crippen MR) is 94.6 cm³/mol. The minimum atomic E-state index is -1.05. The molecule has 9 heteroatoms. The van der Waals surface area contributed by atoms with E-state index in [1.807, 2.05) is 45.2 Å². The fourth-order valence-corrected chi connectivity index (χ4v) is 3.42. The average Bonchev–Trinajstić information content (AvgIpc) is 2.48. The Morgan fingerprint density at radius 2 is 1.68 bits per heavy atom. The second-order valence-electron chi connectivity index (χ2n) is 3.82. The molecule has 1 aromatic rings. The van der Waals surface area contributed by atoms with Crippen molar-refractivity contribution in [3.05, 3.63) is 36.6 Å². The number of rotatable bonds is 5. The molecule has 118 valence electrons. The van der Waals surface area contributed by atoms with E-state index in [9.17, 15) is 14.4 Å². The van der Waals surface area contributed by atoms with Crippen molar-refractivity contribution < 1.29 is 29.0 Å². The zero-order valence-corrected chi connectivity index (χ0v) is 15.8. The van der Waals surface area contributed by atoms with Crippen molar-refractivity contribution in [3.63, 3.8) is 0 Å². The number of carbonyl (C=O) groups is 3. The number of aromatic carboxylic acids is 1. The summed E-state index contributed by atoms with van der Waals surface area (Å²) in [5.74, 6) is -2.53. The van der Waals surface area contributed by atoms with Crippen LogP contribution in [0.5, 0.6) is 0 Å². The van der Waals surface area contributed by atoms with Crippen molar-refractivity contribution in [1.82, 2.24) is 0 Å². The zero-order chi connectivity index (χ0) is 16.9. The number of methoxy groups -OCH3 is 2. The molecule has 2 N–H and O–H groups in total. The number of nitrogens with one attached hydrogen (secondary N) is 1. The maximum absolute atomic E-state index is 11.7. The highest BCUT2D eigenvalue weighted by Crippen LogP contribution is 2.28. The maximum atomic E-state index is 11.7. The first-order chi connectivity index (χ1) is 10.3. The number of carbonyl (C=O) groups excluding carboxylic acids is 2. The van der Waals surface area contributed by atoms with Crippen molar-refractivity contribution >= 4 is 68.8 Å². The number of ether oxygens (including phenoxy) is 2. The molecule has 22 heavy (non-hydrogen) atoms. The fraction of sp³-hybridized carbons (Fsp3) is 0.154. The Balaban J connectivity index is 3.24. The first kappa shape index (κ1) is 18.7. The fourth-order valence-electron chi connectivity index (χ4n) is 1.38. The summed E-state index contributed by atoms with van der Waals surface area (Å²) in [6.45, 7) is 0. The topological polar surface area (TPSA) is 102 Å². The Bertz CT molecular complexity index is 633. The van der Waals surface area contributed by atoms with Crippen molar-refractivity contribution in [1.29, 1.82) is 0 Å². The number of hydrogen-bond acceptors (Lipinski definition) is 6. The molecular formula is C13H11I2NO6. The molecule has 0 unspecified atom stereocenters. The SMILES string of the molecule is COC(=O)/C=C(/Nc1c(I)cc(C(=O)O)cc1I)C(=O)OC. The number of hydrogen-bond donors (Lipinski definition) is 2. The van der Waals surface area contributed by atoms with Gasteiger partial charge in [0.15, 0.2) is 0 Å². The van der Waals surface area contributed by atoms with Gasteiger partial charge in [0.05, 0.1) is 31.5 Å². The molecule has 0 aliphatic heterocycles. The van der Waals surface area contributed by atoms with Crippen LogP contribution >= 0.6 is 45.2 Å². The first-order valence-electron chi connectivity index (χ1n) is 5.67. The van der Waals surface area contributed by atoms with Crippen molar-refractivity contribution in [2.24, 2.45) is 0 Å². The van der Waals surface area contributed by atoms with Gasteiger partial charge < -0.3 is 19.9 Å². The van der Waals surface area contributed by atoms with Crippen LogP contribution in [0.25, 0.3) is 0 Å². The van der Waals surface area contributed by atoms with Gasteiger partial charge in [0.1, 0.15) is 5.70 Å². The standard InChI is InChI=1S/C13H11I2NO6/c1-21-10(17)5-9(13(20)22-2)16-11-7(14)3-6(12(18)19)4-8(11)15/h3-5,16H,1-2H3,(H,18,19)/b9-5+. The Hall–Kier alpha value is -1.37. The Kier molecular flexibility index (Phi) is 7.06. The molecular weight excluding hydrogens is 520 g/mol. The summed E-state index contributed by atoms with van der Waals surface area (Å²) >= 11 is 3.86. The normalized spacial score (nSPS) is 10.8. The van der Waals surface area contributed by atoms with Crippen molar-refractivity contribution in [2.45, 2.75) is 0 Å². The van der Waals surface area contributed by atoms with Crippen LogP contribution in [0.4, 0.5) is 5.69 Å². The lowest BCUT2D eigenvalue weighted by Crippen LogP contribution is -2.17. The summed E-state index contributed by atoms with van der Waals surface area (Å²) < 4.78 is 10.2. The van der Waals surface area contributed by atoms with Crippen LogP contribution in [0.3, 0.4) is 0 Å². The van der Waals surface area contributed by atoms with Crippen LogP contribution in [0.2, 0.25) is 0 Å². The third-order valence-corrected chi connectivity index (χ3v) is 4.12. The molecule has 0 amide bonds. The van der Waals surface area contributed by atoms with E-state index in [0.29, 0.717) is 12.8 Å². The largest absolute Gasteiger partial charge is 0.478 e. The van der Waals surface area contributed by atoms with Gasteiger partial charge in [0, 0.05) is 7.14 Å². The summed E-state index contributed by atoms with van der Waals surface area (Å²) in [7, 11) is 2.36. The number of esters is 2. The average molecular weight is 531 g/mol. The summed E-state index contributed by atoms with van der Waals surface area (Å²) in [5, 5.41) is 11.8. The highest BCUT2D eigenvalue weighted by Gasteiger charge is 2.17. The van der Waals surface area contributed by atoms with Crippen LogP contribution in [0.15, 0.2) is 23.9 Å². The predicted octanol–water partition coefficient (Wildman–Crippen LogP) is 2.24. The maximum Gasteiger partial charge on any atom is 0.354 e.